The number of rotatable bonds is 3. The van der Waals surface area contributed by atoms with Crippen LogP contribution in [0.2, 0.25) is 0 Å². The minimum atomic E-state index is -2.84. The first kappa shape index (κ1) is 26.3. The topological polar surface area (TPSA) is 177 Å². The first-order valence-corrected chi connectivity index (χ1v) is 13.2. The number of benzene rings is 2. The minimum absolute atomic E-state index is 0.00836. The quantitative estimate of drug-likeness (QED) is 0.219. The molecule has 1 spiro atoms. The third-order valence-corrected chi connectivity index (χ3v) is 9.89. The number of primary amides is 1. The van der Waals surface area contributed by atoms with Crippen molar-refractivity contribution in [3.8, 4) is 17.2 Å². The third kappa shape index (κ3) is 2.82. The van der Waals surface area contributed by atoms with Crippen LogP contribution >= 0.6 is 0 Å². The number of nitrogens with two attached hydrogens (primary N) is 1. The molecule has 5 atom stereocenters. The van der Waals surface area contributed by atoms with Crippen LogP contribution in [-0.4, -0.2) is 57.7 Å². The van der Waals surface area contributed by atoms with Gasteiger partial charge in [-0.3, -0.25) is 14.4 Å². The van der Waals surface area contributed by atoms with Crippen molar-refractivity contribution in [2.45, 2.75) is 56.7 Å². The van der Waals surface area contributed by atoms with Gasteiger partial charge in [0.2, 0.25) is 11.6 Å². The smallest absolute Gasteiger partial charge is 0.255 e. The molecule has 10 heteroatoms. The molecule has 6 rings (SSSR count). The fraction of sp³-hybridized carbons (Fsp3) is 0.433. The van der Waals surface area contributed by atoms with Crippen LogP contribution in [0.25, 0.3) is 10.8 Å². The number of phenolic OH excluding ortho intramolecular Hbond substituents is 2. The van der Waals surface area contributed by atoms with Crippen LogP contribution in [0.5, 0.6) is 17.2 Å². The van der Waals surface area contributed by atoms with Crippen LogP contribution < -0.4 is 10.5 Å². The highest BCUT2D eigenvalue weighted by atomic mass is 16.5. The number of methoxy groups -OCH3 is 2. The second-order valence-corrected chi connectivity index (χ2v) is 11.4. The maximum absolute atomic E-state index is 14.1. The summed E-state index contributed by atoms with van der Waals surface area (Å²) in [5.41, 5.74) is 3.48. The molecule has 0 radical (unpaired) electrons. The fourth-order valence-corrected chi connectivity index (χ4v) is 8.02. The predicted molar refractivity (Wildman–Crippen MR) is 142 cm³/mol. The Morgan fingerprint density at radius 3 is 2.42 bits per heavy atom. The summed E-state index contributed by atoms with van der Waals surface area (Å²) >= 11 is 0. The second kappa shape index (κ2) is 8.31. The van der Waals surface area contributed by atoms with Gasteiger partial charge in [0, 0.05) is 41.9 Å². The molecule has 0 fully saturated rings. The van der Waals surface area contributed by atoms with E-state index in [-0.39, 0.29) is 28.2 Å². The van der Waals surface area contributed by atoms with Crippen molar-refractivity contribution >= 4 is 28.2 Å². The Morgan fingerprint density at radius 1 is 1.12 bits per heavy atom. The number of hydrogen-bond donors (Lipinski definition) is 5. The van der Waals surface area contributed by atoms with Gasteiger partial charge in [-0.1, -0.05) is 18.6 Å². The Bertz CT molecular complexity index is 1640. The van der Waals surface area contributed by atoms with Gasteiger partial charge in [-0.15, -0.1) is 0 Å². The number of hydrogen-bond acceptors (Lipinski definition) is 9. The number of ether oxygens (including phenoxy) is 2. The number of aromatic hydroxyl groups is 2. The van der Waals surface area contributed by atoms with E-state index in [1.165, 1.54) is 20.3 Å². The lowest BCUT2D eigenvalue weighted by atomic mass is 9.60. The molecule has 1 unspecified atom stereocenters. The highest BCUT2D eigenvalue weighted by Gasteiger charge is 2.64. The third-order valence-electron chi connectivity index (χ3n) is 9.89. The molecular formula is C30H31NO9. The molecule has 0 saturated heterocycles. The summed E-state index contributed by atoms with van der Waals surface area (Å²) < 4.78 is 11.6. The van der Waals surface area contributed by atoms with Crippen LogP contribution in [0, 0.1) is 11.8 Å². The molecule has 2 aromatic carbocycles. The van der Waals surface area contributed by atoms with Gasteiger partial charge >= 0.3 is 0 Å². The summed E-state index contributed by atoms with van der Waals surface area (Å²) in [5.74, 6) is -6.09. The molecule has 0 saturated carbocycles. The van der Waals surface area contributed by atoms with Crippen molar-refractivity contribution in [3.63, 3.8) is 0 Å². The summed E-state index contributed by atoms with van der Waals surface area (Å²) in [7, 11) is 2.85. The zero-order valence-corrected chi connectivity index (χ0v) is 22.6. The van der Waals surface area contributed by atoms with E-state index in [0.717, 1.165) is 24.0 Å². The largest absolute Gasteiger partial charge is 0.511 e. The molecule has 0 heterocycles. The minimum Gasteiger partial charge on any atom is -0.511 e. The number of aliphatic hydroxyl groups is 2. The van der Waals surface area contributed by atoms with Crippen LogP contribution in [0.15, 0.2) is 29.0 Å². The number of carbonyl (C=O) groups is 3. The second-order valence-electron chi connectivity index (χ2n) is 11.4. The Hall–Kier alpha value is -3.89. The van der Waals surface area contributed by atoms with E-state index in [9.17, 15) is 34.8 Å². The lowest BCUT2D eigenvalue weighted by Crippen LogP contribution is -2.61. The number of carbonyl (C=O) groups excluding carboxylic acids is 3. The number of Topliss-reactive ketones (excluding diaryl/α,β-unsaturated/α-hetero) is 2. The molecule has 0 aromatic heterocycles. The Morgan fingerprint density at radius 2 is 1.82 bits per heavy atom. The van der Waals surface area contributed by atoms with E-state index in [0.29, 0.717) is 23.1 Å². The zero-order chi connectivity index (χ0) is 29.0. The molecular weight excluding hydrogens is 518 g/mol. The molecule has 40 heavy (non-hydrogen) atoms. The summed E-state index contributed by atoms with van der Waals surface area (Å²) in [4.78, 5) is 39.6. The summed E-state index contributed by atoms with van der Waals surface area (Å²) in [5, 5.41) is 45.7. The van der Waals surface area contributed by atoms with Crippen molar-refractivity contribution in [2.75, 3.05) is 14.2 Å². The van der Waals surface area contributed by atoms with Crippen LogP contribution in [-0.2, 0) is 26.2 Å². The number of ketones is 2. The molecule has 6 N–H and O–H groups in total. The lowest BCUT2D eigenvalue weighted by Gasteiger charge is -2.45. The first-order chi connectivity index (χ1) is 18.9. The lowest BCUT2D eigenvalue weighted by molar-refractivity contribution is -0.145. The van der Waals surface area contributed by atoms with Gasteiger partial charge in [0.1, 0.15) is 28.6 Å². The van der Waals surface area contributed by atoms with Crippen molar-refractivity contribution in [1.29, 1.82) is 0 Å². The molecule has 1 amide bonds. The molecule has 2 aromatic rings. The van der Waals surface area contributed by atoms with Crippen molar-refractivity contribution in [1.82, 2.24) is 0 Å². The van der Waals surface area contributed by atoms with E-state index >= 15 is 0 Å². The van der Waals surface area contributed by atoms with Gasteiger partial charge in [-0.05, 0) is 43.2 Å². The SMILES string of the molecule is COc1cc(O)c2c(O)c3c(c4c2c1[C@]1(C4)C(C)=CCCC1C)[C@H](OC)[C@H]1CC(O)=C(C(N)=O)C(=O)[C@@]1(O)C3=O. The van der Waals surface area contributed by atoms with Gasteiger partial charge < -0.3 is 35.6 Å². The molecule has 0 aliphatic heterocycles. The Balaban J connectivity index is 1.75. The summed E-state index contributed by atoms with van der Waals surface area (Å²) in [6.45, 7) is 4.18. The normalized spacial score (nSPS) is 30.9. The van der Waals surface area contributed by atoms with Gasteiger partial charge in [-0.2, -0.15) is 0 Å². The van der Waals surface area contributed by atoms with E-state index < -0.39 is 64.0 Å². The molecule has 4 aliphatic rings. The standard InChI is InChI=1S/C30H31NO9/c1-11-6-5-7-12(2)29(11)10-13-18-20(16(33)9-17(39-3)23(18)29)24(34)22-19(13)25(40-4)14-8-15(32)21(28(31)37)26(35)30(14,38)27(22)36/h6,9,12,14,25,32-34,38H,5,7-8,10H2,1-4H3,(H2,31,37)/t12?,14-,25-,29-,30-/m1/s1. The molecule has 0 bridgehead atoms. The maximum atomic E-state index is 14.1. The van der Waals surface area contributed by atoms with E-state index in [1.807, 2.05) is 6.92 Å². The van der Waals surface area contributed by atoms with Crippen LogP contribution in [0.1, 0.15) is 66.3 Å². The molecule has 10 nitrogen and oxygen atoms in total. The predicted octanol–water partition coefficient (Wildman–Crippen LogP) is 2.93. The van der Waals surface area contributed by atoms with Gasteiger partial charge in [0.15, 0.2) is 5.60 Å². The Labute approximate surface area is 229 Å². The number of aliphatic hydroxyl groups excluding tert-OH is 1. The van der Waals surface area contributed by atoms with E-state index in [4.69, 9.17) is 15.2 Å². The maximum Gasteiger partial charge on any atom is 0.255 e. The number of amides is 1. The van der Waals surface area contributed by atoms with Crippen LogP contribution in [0.3, 0.4) is 0 Å². The monoisotopic (exact) mass is 549 g/mol. The van der Waals surface area contributed by atoms with Crippen molar-refractivity contribution in [2.24, 2.45) is 17.6 Å². The van der Waals surface area contributed by atoms with E-state index in [1.54, 1.807) is 0 Å². The molecule has 210 valence electrons. The highest BCUT2D eigenvalue weighted by Crippen LogP contribution is 2.63. The number of allylic oxidation sites excluding steroid dienone is 3. The average molecular weight is 550 g/mol. The number of fused-ring (bicyclic) bond motifs is 4. The Kier molecular flexibility index (Phi) is 5.47. The molecule has 4 aliphatic carbocycles. The first-order valence-electron chi connectivity index (χ1n) is 13.2. The number of phenols is 2. The summed E-state index contributed by atoms with van der Waals surface area (Å²) in [6, 6.07) is 1.41. The van der Waals surface area contributed by atoms with Gasteiger partial charge in [0.05, 0.1) is 24.2 Å². The zero-order valence-electron chi connectivity index (χ0n) is 22.6. The van der Waals surface area contributed by atoms with E-state index in [2.05, 4.69) is 13.0 Å². The van der Waals surface area contributed by atoms with Crippen molar-refractivity contribution < 1.29 is 44.3 Å². The summed E-state index contributed by atoms with van der Waals surface area (Å²) in [6.07, 6.45) is 2.76. The average Bonchev–Trinajstić information content (AvgIpc) is 3.25. The van der Waals surface area contributed by atoms with Gasteiger partial charge in [-0.25, -0.2) is 0 Å². The fourth-order valence-electron chi connectivity index (χ4n) is 8.02. The highest BCUT2D eigenvalue weighted by molar-refractivity contribution is 6.33. The van der Waals surface area contributed by atoms with Crippen LogP contribution in [0.4, 0.5) is 0 Å². The van der Waals surface area contributed by atoms with Gasteiger partial charge in [0.25, 0.3) is 5.91 Å². The van der Waals surface area contributed by atoms with Crippen molar-refractivity contribution in [3.05, 3.63) is 51.3 Å².